The van der Waals surface area contributed by atoms with Crippen molar-refractivity contribution in [1.82, 2.24) is 10.4 Å². The molecule has 0 radical (unpaired) electrons. The van der Waals surface area contributed by atoms with Crippen molar-refractivity contribution in [2.45, 2.75) is 12.2 Å². The van der Waals surface area contributed by atoms with Gasteiger partial charge in [-0.05, 0) is 29.3 Å². The fourth-order valence-corrected chi connectivity index (χ4v) is 1.87. The highest BCUT2D eigenvalue weighted by Crippen LogP contribution is 2.33. The van der Waals surface area contributed by atoms with Gasteiger partial charge < -0.3 is 0 Å². The number of hydrogen-bond donors (Lipinski definition) is 2. The molecule has 0 bridgehead atoms. The largest absolute Gasteiger partial charge is 0.419 e. The van der Waals surface area contributed by atoms with E-state index in [0.717, 1.165) is 12.1 Å². The van der Waals surface area contributed by atoms with E-state index in [-0.39, 0.29) is 5.56 Å². The van der Waals surface area contributed by atoms with Gasteiger partial charge in [-0.1, -0.05) is 12.1 Å². The molecule has 0 amide bonds. The molecule has 106 valence electrons. The van der Waals surface area contributed by atoms with E-state index in [0.29, 0.717) is 5.56 Å². The van der Waals surface area contributed by atoms with Gasteiger partial charge in [0.1, 0.15) is 5.82 Å². The van der Waals surface area contributed by atoms with Crippen molar-refractivity contribution < 1.29 is 17.6 Å². The van der Waals surface area contributed by atoms with E-state index in [9.17, 15) is 17.6 Å². The predicted octanol–water partition coefficient (Wildman–Crippen LogP) is 2.79. The number of benzene rings is 1. The minimum Gasteiger partial charge on any atom is -0.271 e. The van der Waals surface area contributed by atoms with Crippen molar-refractivity contribution >= 4 is 0 Å². The van der Waals surface area contributed by atoms with Crippen LogP contribution in [0.4, 0.5) is 17.6 Å². The minimum atomic E-state index is -4.76. The number of alkyl halides is 3. The van der Waals surface area contributed by atoms with Gasteiger partial charge in [-0.3, -0.25) is 10.8 Å². The third-order valence-electron chi connectivity index (χ3n) is 2.81. The monoisotopic (exact) mass is 285 g/mol. The first-order valence-electron chi connectivity index (χ1n) is 5.66. The summed E-state index contributed by atoms with van der Waals surface area (Å²) in [6.45, 7) is 0. The molecule has 0 saturated carbocycles. The molecule has 0 saturated heterocycles. The van der Waals surface area contributed by atoms with Gasteiger partial charge in [0.05, 0.1) is 11.6 Å². The maximum absolute atomic E-state index is 13.3. The second-order valence-electron chi connectivity index (χ2n) is 4.12. The highest BCUT2D eigenvalue weighted by molar-refractivity contribution is 5.34. The van der Waals surface area contributed by atoms with Crippen molar-refractivity contribution in [3.05, 3.63) is 65.2 Å². The molecule has 2 aromatic rings. The van der Waals surface area contributed by atoms with E-state index in [1.54, 1.807) is 12.1 Å². The summed E-state index contributed by atoms with van der Waals surface area (Å²) in [5.74, 6) is 4.06. The Balaban J connectivity index is 2.46. The smallest absolute Gasteiger partial charge is 0.271 e. The topological polar surface area (TPSA) is 50.9 Å². The Hall–Kier alpha value is -1.99. The van der Waals surface area contributed by atoms with Gasteiger partial charge in [0.15, 0.2) is 0 Å². The molecule has 1 heterocycles. The second kappa shape index (κ2) is 5.56. The number of hydrazine groups is 1. The van der Waals surface area contributed by atoms with Crippen LogP contribution in [0, 0.1) is 5.82 Å². The zero-order valence-electron chi connectivity index (χ0n) is 10.2. The summed E-state index contributed by atoms with van der Waals surface area (Å²) in [6, 6.07) is 5.36. The van der Waals surface area contributed by atoms with Crippen LogP contribution in [-0.2, 0) is 6.18 Å². The van der Waals surface area contributed by atoms with Crippen LogP contribution in [0.5, 0.6) is 0 Å². The quantitative estimate of drug-likeness (QED) is 0.518. The maximum atomic E-state index is 13.3. The number of nitrogens with one attached hydrogen (secondary N) is 1. The van der Waals surface area contributed by atoms with Crippen molar-refractivity contribution in [3.8, 4) is 0 Å². The Morgan fingerprint density at radius 3 is 2.45 bits per heavy atom. The van der Waals surface area contributed by atoms with Crippen molar-refractivity contribution in [1.29, 1.82) is 0 Å². The van der Waals surface area contributed by atoms with Crippen molar-refractivity contribution in [2.75, 3.05) is 0 Å². The highest BCUT2D eigenvalue weighted by Gasteiger charge is 2.34. The fourth-order valence-electron chi connectivity index (χ4n) is 1.87. The summed E-state index contributed by atoms with van der Waals surface area (Å²) in [5.41, 5.74) is 1.86. The summed E-state index contributed by atoms with van der Waals surface area (Å²) in [5, 5.41) is 0. The zero-order chi connectivity index (χ0) is 14.8. The van der Waals surface area contributed by atoms with E-state index < -0.39 is 23.6 Å². The van der Waals surface area contributed by atoms with E-state index in [2.05, 4.69) is 10.4 Å². The van der Waals surface area contributed by atoms with Gasteiger partial charge in [0.25, 0.3) is 0 Å². The fraction of sp³-hybridized carbons (Fsp3) is 0.154. The number of hydrogen-bond acceptors (Lipinski definition) is 3. The first-order chi connectivity index (χ1) is 9.43. The third-order valence-corrected chi connectivity index (χ3v) is 2.81. The van der Waals surface area contributed by atoms with Crippen LogP contribution in [0.3, 0.4) is 0 Å². The lowest BCUT2D eigenvalue weighted by Gasteiger charge is -2.18. The first kappa shape index (κ1) is 14.4. The molecule has 7 heteroatoms. The number of nitrogens with zero attached hydrogens (tertiary/aromatic N) is 1. The molecule has 0 aliphatic carbocycles. The van der Waals surface area contributed by atoms with E-state index in [1.165, 1.54) is 18.5 Å². The van der Waals surface area contributed by atoms with E-state index in [1.807, 2.05) is 0 Å². The molecule has 3 nitrogen and oxygen atoms in total. The number of halogens is 4. The van der Waals surface area contributed by atoms with Crippen molar-refractivity contribution in [3.63, 3.8) is 0 Å². The lowest BCUT2D eigenvalue weighted by Crippen LogP contribution is -2.29. The SMILES string of the molecule is NNC(c1cccnc1)c1ccc(F)c(C(F)(F)F)c1. The molecule has 0 spiro atoms. The molecule has 1 atom stereocenters. The lowest BCUT2D eigenvalue weighted by atomic mass is 9.98. The van der Waals surface area contributed by atoms with Crippen LogP contribution < -0.4 is 11.3 Å². The molecule has 3 N–H and O–H groups in total. The van der Waals surface area contributed by atoms with Gasteiger partial charge in [0, 0.05) is 12.4 Å². The van der Waals surface area contributed by atoms with Gasteiger partial charge in [0.2, 0.25) is 0 Å². The zero-order valence-corrected chi connectivity index (χ0v) is 10.2. The van der Waals surface area contributed by atoms with Crippen molar-refractivity contribution in [2.24, 2.45) is 5.84 Å². The van der Waals surface area contributed by atoms with Crippen LogP contribution >= 0.6 is 0 Å². The van der Waals surface area contributed by atoms with Gasteiger partial charge in [-0.15, -0.1) is 0 Å². The number of pyridine rings is 1. The Bertz CT molecular complexity index is 584. The molecule has 1 unspecified atom stereocenters. The maximum Gasteiger partial charge on any atom is 0.419 e. The molecule has 1 aromatic heterocycles. The van der Waals surface area contributed by atoms with Gasteiger partial charge in [-0.25, -0.2) is 9.82 Å². The van der Waals surface area contributed by atoms with Crippen LogP contribution in [-0.4, -0.2) is 4.98 Å². The second-order valence-corrected chi connectivity index (χ2v) is 4.12. The Kier molecular flexibility index (Phi) is 4.01. The number of aromatic nitrogens is 1. The molecular weight excluding hydrogens is 274 g/mol. The lowest BCUT2D eigenvalue weighted by molar-refractivity contribution is -0.140. The van der Waals surface area contributed by atoms with Gasteiger partial charge >= 0.3 is 6.18 Å². The Labute approximate surface area is 112 Å². The average molecular weight is 285 g/mol. The number of rotatable bonds is 3. The molecule has 20 heavy (non-hydrogen) atoms. The third kappa shape index (κ3) is 2.94. The predicted molar refractivity (Wildman–Crippen MR) is 64.8 cm³/mol. The molecule has 2 rings (SSSR count). The normalized spacial score (nSPS) is 13.2. The molecule has 0 aliphatic rings. The summed E-state index contributed by atoms with van der Waals surface area (Å²) in [6.07, 6.45) is -1.75. The van der Waals surface area contributed by atoms with Crippen LogP contribution in [0.2, 0.25) is 0 Å². The standard InChI is InChI=1S/C13H11F4N3/c14-11-4-3-8(6-10(11)13(15,16)17)12(20-18)9-2-1-5-19-7-9/h1-7,12,20H,18H2. The number of nitrogens with two attached hydrogens (primary N) is 1. The molecule has 0 fully saturated rings. The van der Waals surface area contributed by atoms with Crippen LogP contribution in [0.1, 0.15) is 22.7 Å². The molecular formula is C13H11F4N3. The molecule has 0 aliphatic heterocycles. The van der Waals surface area contributed by atoms with Gasteiger partial charge in [-0.2, -0.15) is 13.2 Å². The van der Waals surface area contributed by atoms with E-state index in [4.69, 9.17) is 5.84 Å². The highest BCUT2D eigenvalue weighted by atomic mass is 19.4. The summed E-state index contributed by atoms with van der Waals surface area (Å²) < 4.78 is 51.3. The minimum absolute atomic E-state index is 0.203. The van der Waals surface area contributed by atoms with E-state index >= 15 is 0 Å². The average Bonchev–Trinajstić information content (AvgIpc) is 2.41. The Morgan fingerprint density at radius 2 is 1.90 bits per heavy atom. The van der Waals surface area contributed by atoms with Crippen LogP contribution in [0.15, 0.2) is 42.7 Å². The summed E-state index contributed by atoms with van der Waals surface area (Å²) >= 11 is 0. The summed E-state index contributed by atoms with van der Waals surface area (Å²) in [7, 11) is 0. The first-order valence-corrected chi connectivity index (χ1v) is 5.66. The Morgan fingerprint density at radius 1 is 1.15 bits per heavy atom. The summed E-state index contributed by atoms with van der Waals surface area (Å²) in [4.78, 5) is 3.88. The van der Waals surface area contributed by atoms with Crippen LogP contribution in [0.25, 0.3) is 0 Å². The molecule has 1 aromatic carbocycles.